The van der Waals surface area contributed by atoms with E-state index >= 15 is 0 Å². The lowest BCUT2D eigenvalue weighted by atomic mass is 9.73. The van der Waals surface area contributed by atoms with Gasteiger partial charge in [-0.3, -0.25) is 0 Å². The van der Waals surface area contributed by atoms with Crippen molar-refractivity contribution in [2.24, 2.45) is 5.41 Å². The van der Waals surface area contributed by atoms with Crippen LogP contribution in [-0.2, 0) is 5.41 Å². The molecule has 1 heteroatoms. The molecule has 0 fully saturated rings. The van der Waals surface area contributed by atoms with E-state index in [1.54, 1.807) is 0 Å². The molecule has 1 aliphatic rings. The molecule has 1 nitrogen and oxygen atoms in total. The Morgan fingerprint density at radius 1 is 1.12 bits per heavy atom. The first-order chi connectivity index (χ1) is 7.19. The van der Waals surface area contributed by atoms with Crippen molar-refractivity contribution >= 4 is 0 Å². The molecule has 88 valence electrons. The molecule has 0 bridgehead atoms. The third-order valence-corrected chi connectivity index (χ3v) is 3.44. The largest absolute Gasteiger partial charge is 0.335 e. The summed E-state index contributed by atoms with van der Waals surface area (Å²) in [5.41, 5.74) is 3.46. The molecule has 1 aromatic heterocycles. The quantitative estimate of drug-likeness (QED) is 0.463. The molecule has 0 aliphatic carbocycles. The van der Waals surface area contributed by atoms with Gasteiger partial charge in [0.15, 0.2) is 0 Å². The van der Waals surface area contributed by atoms with E-state index < -0.39 is 0 Å². The minimum absolute atomic E-state index is 0.244. The number of fused-ring (bicyclic) bond motifs is 1. The maximum atomic E-state index is 2.37. The van der Waals surface area contributed by atoms with Crippen LogP contribution < -0.4 is 4.57 Å². The van der Waals surface area contributed by atoms with Crippen molar-refractivity contribution in [3.8, 4) is 0 Å². The third-order valence-electron chi connectivity index (χ3n) is 3.44. The Morgan fingerprint density at radius 2 is 1.75 bits per heavy atom. The molecular weight excluding hydrogens is 194 g/mol. The fourth-order valence-corrected chi connectivity index (χ4v) is 2.20. The van der Waals surface area contributed by atoms with Gasteiger partial charge in [0.05, 0.1) is 11.9 Å². The van der Waals surface area contributed by atoms with Gasteiger partial charge >= 0.3 is 0 Å². The second kappa shape index (κ2) is 3.26. The molecule has 0 spiro atoms. The van der Waals surface area contributed by atoms with Crippen LogP contribution in [-0.4, -0.2) is 0 Å². The van der Waals surface area contributed by atoms with Crippen molar-refractivity contribution in [1.82, 2.24) is 0 Å². The zero-order chi connectivity index (χ0) is 12.1. The van der Waals surface area contributed by atoms with Crippen molar-refractivity contribution in [3.05, 3.63) is 36.1 Å². The predicted octanol–water partition coefficient (Wildman–Crippen LogP) is 3.42. The molecule has 0 amide bonds. The van der Waals surface area contributed by atoms with Crippen LogP contribution >= 0.6 is 0 Å². The fraction of sp³-hybridized carbons (Fsp3) is 0.600. The van der Waals surface area contributed by atoms with Gasteiger partial charge in [0.1, 0.15) is 0 Å². The summed E-state index contributed by atoms with van der Waals surface area (Å²) in [5.74, 6) is 0.592. The van der Waals surface area contributed by atoms with Gasteiger partial charge in [-0.15, -0.1) is 0 Å². The molecule has 1 aliphatic heterocycles. The predicted molar refractivity (Wildman–Crippen MR) is 67.2 cm³/mol. The Labute approximate surface area is 99.5 Å². The zero-order valence-corrected chi connectivity index (χ0v) is 11.3. The summed E-state index contributed by atoms with van der Waals surface area (Å²) in [5, 5.41) is 0. The Kier molecular flexibility index (Phi) is 2.34. The van der Waals surface area contributed by atoms with Gasteiger partial charge in [0.25, 0.3) is 0 Å². The molecule has 0 saturated heterocycles. The fourth-order valence-electron chi connectivity index (χ4n) is 2.20. The van der Waals surface area contributed by atoms with E-state index in [1.807, 2.05) is 0 Å². The minimum atomic E-state index is 0.244. The summed E-state index contributed by atoms with van der Waals surface area (Å²) in [4.78, 5) is 0. The number of nitrogens with zero attached hydrogens (tertiary/aromatic N) is 1. The molecule has 0 saturated carbocycles. The summed E-state index contributed by atoms with van der Waals surface area (Å²) in [6.07, 6.45) is 2.19. The number of pyridine rings is 1. The van der Waals surface area contributed by atoms with Crippen molar-refractivity contribution in [2.75, 3.05) is 0 Å². The third kappa shape index (κ3) is 1.83. The van der Waals surface area contributed by atoms with E-state index in [0.29, 0.717) is 11.3 Å². The first-order valence-corrected chi connectivity index (χ1v) is 6.10. The lowest BCUT2D eigenvalue weighted by Gasteiger charge is -2.41. The van der Waals surface area contributed by atoms with Crippen LogP contribution in [0.5, 0.6) is 0 Å². The van der Waals surface area contributed by atoms with Gasteiger partial charge in [0, 0.05) is 12.5 Å². The van der Waals surface area contributed by atoms with Crippen LogP contribution in [0.1, 0.15) is 58.7 Å². The maximum absolute atomic E-state index is 2.37. The van der Waals surface area contributed by atoms with E-state index in [1.165, 1.54) is 11.3 Å². The van der Waals surface area contributed by atoms with Gasteiger partial charge < -0.3 is 4.57 Å². The Morgan fingerprint density at radius 3 is 2.25 bits per heavy atom. The highest BCUT2D eigenvalue weighted by Crippen LogP contribution is 2.40. The zero-order valence-electron chi connectivity index (χ0n) is 11.3. The van der Waals surface area contributed by atoms with Gasteiger partial charge in [-0.2, -0.15) is 0 Å². The van der Waals surface area contributed by atoms with Gasteiger partial charge in [0.2, 0.25) is 0 Å². The number of rotatable bonds is 0. The first kappa shape index (κ1) is 11.5. The molecule has 1 aromatic rings. The highest BCUT2D eigenvalue weighted by molar-refractivity contribution is 5.27. The molecule has 2 heterocycles. The van der Waals surface area contributed by atoms with Crippen molar-refractivity contribution in [1.29, 1.82) is 0 Å². The molecule has 1 unspecified atom stereocenters. The van der Waals surface area contributed by atoms with E-state index in [4.69, 9.17) is 0 Å². The minimum Gasteiger partial charge on any atom is -0.335 e. The van der Waals surface area contributed by atoms with Gasteiger partial charge in [-0.25, -0.2) is 0 Å². The van der Waals surface area contributed by atoms with Crippen LogP contribution in [0.2, 0.25) is 0 Å². The van der Waals surface area contributed by atoms with E-state index in [-0.39, 0.29) is 5.41 Å². The molecule has 0 radical (unpaired) electrons. The van der Waals surface area contributed by atoms with E-state index in [2.05, 4.69) is 71.0 Å². The lowest BCUT2D eigenvalue weighted by Crippen LogP contribution is -2.53. The SMILES string of the molecule is CC(C)(C)c1cc[n+]2c(c1)C(C(C)(C)C)[CH-]2. The summed E-state index contributed by atoms with van der Waals surface area (Å²) in [7, 11) is 0. The molecule has 0 N–H and O–H groups in total. The maximum Gasteiger partial charge on any atom is 0.0838 e. The van der Waals surface area contributed by atoms with Crippen LogP contribution in [0.4, 0.5) is 0 Å². The second-order valence-corrected chi connectivity index (χ2v) is 6.99. The summed E-state index contributed by atoms with van der Waals surface area (Å²) in [6, 6.07) is 4.61. The highest BCUT2D eigenvalue weighted by atomic mass is 15.0. The highest BCUT2D eigenvalue weighted by Gasteiger charge is 2.36. The molecule has 0 aromatic carbocycles. The van der Waals surface area contributed by atoms with E-state index in [9.17, 15) is 0 Å². The topological polar surface area (TPSA) is 3.88 Å². The van der Waals surface area contributed by atoms with Crippen molar-refractivity contribution < 1.29 is 4.57 Å². The second-order valence-electron chi connectivity index (χ2n) is 6.99. The van der Waals surface area contributed by atoms with Gasteiger partial charge in [-0.1, -0.05) is 53.2 Å². The van der Waals surface area contributed by atoms with Crippen LogP contribution in [0.15, 0.2) is 18.3 Å². The number of hydrogen-bond donors (Lipinski definition) is 0. The Bertz CT molecular complexity index is 404. The normalized spacial score (nSPS) is 19.8. The van der Waals surface area contributed by atoms with Gasteiger partial charge in [-0.05, 0) is 16.9 Å². The molecule has 2 rings (SSSR count). The van der Waals surface area contributed by atoms with Crippen molar-refractivity contribution in [2.45, 2.75) is 52.9 Å². The molecule has 16 heavy (non-hydrogen) atoms. The number of aromatic nitrogens is 1. The van der Waals surface area contributed by atoms with Crippen LogP contribution in [0, 0.1) is 12.0 Å². The number of hydrogen-bond acceptors (Lipinski definition) is 0. The molecule has 1 atom stereocenters. The monoisotopic (exact) mass is 217 g/mol. The molecular formula is C15H23N. The summed E-state index contributed by atoms with van der Waals surface area (Å²) >= 11 is 0. The Hall–Kier alpha value is -0.980. The first-order valence-electron chi connectivity index (χ1n) is 6.10. The summed E-state index contributed by atoms with van der Waals surface area (Å²) < 4.78 is 2.26. The van der Waals surface area contributed by atoms with Crippen molar-refractivity contribution in [3.63, 3.8) is 0 Å². The Balaban J connectivity index is 2.37. The average Bonchev–Trinajstić information content (AvgIpc) is 2.02. The van der Waals surface area contributed by atoms with Crippen LogP contribution in [0.25, 0.3) is 0 Å². The van der Waals surface area contributed by atoms with E-state index in [0.717, 1.165) is 0 Å². The smallest absolute Gasteiger partial charge is 0.0838 e. The van der Waals surface area contributed by atoms with Crippen LogP contribution in [0.3, 0.4) is 0 Å². The standard InChI is InChI=1S/C15H23N/c1-14(2,3)11-7-8-16-10-12(13(16)9-11)15(4,5)6/h7-10,12H,1-6H3. The average molecular weight is 217 g/mol. The lowest BCUT2D eigenvalue weighted by molar-refractivity contribution is -0.684. The summed E-state index contributed by atoms with van der Waals surface area (Å²) in [6.45, 7) is 16.1.